The second kappa shape index (κ2) is 5.76. The highest BCUT2D eigenvalue weighted by Crippen LogP contribution is 2.27. The second-order valence-electron chi connectivity index (χ2n) is 3.94. The molecule has 0 atom stereocenters. The summed E-state index contributed by atoms with van der Waals surface area (Å²) in [6.45, 7) is 0.0480. The minimum absolute atomic E-state index is 0.0480. The number of aromatic nitrogens is 2. The number of carbonyl (C=O) groups is 1. The van der Waals surface area contributed by atoms with Gasteiger partial charge in [-0.1, -0.05) is 35.3 Å². The summed E-state index contributed by atoms with van der Waals surface area (Å²) in [4.78, 5) is 10.9. The first-order chi connectivity index (χ1) is 9.40. The van der Waals surface area contributed by atoms with Gasteiger partial charge in [0.25, 0.3) is 6.43 Å². The molecule has 0 saturated heterocycles. The van der Waals surface area contributed by atoms with Crippen molar-refractivity contribution in [1.82, 2.24) is 9.78 Å². The van der Waals surface area contributed by atoms with E-state index in [-0.39, 0.29) is 11.6 Å². The molecule has 0 fully saturated rings. The predicted octanol–water partition coefficient (Wildman–Crippen LogP) is 3.87. The number of carboxylic acid groups (broad SMARTS) is 1. The first-order valence-electron chi connectivity index (χ1n) is 5.42. The van der Waals surface area contributed by atoms with E-state index in [0.717, 1.165) is 10.9 Å². The van der Waals surface area contributed by atoms with E-state index < -0.39 is 23.7 Å². The molecule has 106 valence electrons. The van der Waals surface area contributed by atoms with Crippen LogP contribution in [-0.4, -0.2) is 20.9 Å². The highest BCUT2D eigenvalue weighted by molar-refractivity contribution is 6.42. The summed E-state index contributed by atoms with van der Waals surface area (Å²) < 4.78 is 26.5. The van der Waals surface area contributed by atoms with E-state index in [1.165, 1.54) is 0 Å². The van der Waals surface area contributed by atoms with Crippen LogP contribution in [0.25, 0.3) is 0 Å². The van der Waals surface area contributed by atoms with Gasteiger partial charge in [0.05, 0.1) is 16.6 Å². The van der Waals surface area contributed by atoms with E-state index in [4.69, 9.17) is 28.3 Å². The summed E-state index contributed by atoms with van der Waals surface area (Å²) >= 11 is 11.8. The molecule has 0 radical (unpaired) electrons. The van der Waals surface area contributed by atoms with Gasteiger partial charge in [0.1, 0.15) is 11.3 Å². The van der Waals surface area contributed by atoms with Crippen LogP contribution >= 0.6 is 23.2 Å². The Morgan fingerprint density at radius 2 is 2.10 bits per heavy atom. The summed E-state index contributed by atoms with van der Waals surface area (Å²) in [6.07, 6.45) is -1.92. The van der Waals surface area contributed by atoms with Crippen LogP contribution in [0.15, 0.2) is 24.4 Å². The lowest BCUT2D eigenvalue weighted by Gasteiger charge is -2.05. The average Bonchev–Trinajstić information content (AvgIpc) is 2.79. The molecule has 0 spiro atoms. The first-order valence-corrected chi connectivity index (χ1v) is 6.17. The molecule has 2 aromatic rings. The van der Waals surface area contributed by atoms with Gasteiger partial charge >= 0.3 is 5.97 Å². The standard InChI is InChI=1S/C12H8Cl2F2N2O2/c13-8-3-1-2-6(9(8)14)4-18-5-7(12(19)20)10(17-18)11(15)16/h1-3,5,11H,4H2,(H,19,20). The minimum atomic E-state index is -2.96. The van der Waals surface area contributed by atoms with E-state index >= 15 is 0 Å². The topological polar surface area (TPSA) is 55.1 Å². The second-order valence-corrected chi connectivity index (χ2v) is 4.73. The number of aromatic carboxylic acids is 1. The maximum atomic E-state index is 12.7. The number of rotatable bonds is 4. The summed E-state index contributed by atoms with van der Waals surface area (Å²) in [7, 11) is 0. The van der Waals surface area contributed by atoms with Gasteiger partial charge in [-0.15, -0.1) is 0 Å². The number of nitrogens with zero attached hydrogens (tertiary/aromatic N) is 2. The molecule has 2 rings (SSSR count). The van der Waals surface area contributed by atoms with Crippen molar-refractivity contribution >= 4 is 29.2 Å². The summed E-state index contributed by atoms with van der Waals surface area (Å²) in [5.74, 6) is -1.45. The minimum Gasteiger partial charge on any atom is -0.478 e. The molecular weight excluding hydrogens is 313 g/mol. The third kappa shape index (κ3) is 2.91. The Kier molecular flexibility index (Phi) is 4.25. The number of benzene rings is 1. The van der Waals surface area contributed by atoms with Gasteiger partial charge in [-0.05, 0) is 11.6 Å². The zero-order chi connectivity index (χ0) is 14.9. The zero-order valence-corrected chi connectivity index (χ0v) is 11.4. The normalized spacial score (nSPS) is 11.1. The highest BCUT2D eigenvalue weighted by atomic mass is 35.5. The molecule has 0 aliphatic heterocycles. The smallest absolute Gasteiger partial charge is 0.339 e. The van der Waals surface area contributed by atoms with E-state index in [9.17, 15) is 13.6 Å². The summed E-state index contributed by atoms with van der Waals surface area (Å²) in [5.41, 5.74) is -0.742. The van der Waals surface area contributed by atoms with Crippen molar-refractivity contribution in [2.24, 2.45) is 0 Å². The van der Waals surface area contributed by atoms with Crippen LogP contribution in [-0.2, 0) is 6.54 Å². The molecule has 0 bridgehead atoms. The number of carboxylic acids is 1. The van der Waals surface area contributed by atoms with Crippen LogP contribution in [0.5, 0.6) is 0 Å². The van der Waals surface area contributed by atoms with Crippen molar-refractivity contribution in [2.75, 3.05) is 0 Å². The van der Waals surface area contributed by atoms with Gasteiger partial charge in [-0.2, -0.15) is 5.10 Å². The van der Waals surface area contributed by atoms with E-state index in [0.29, 0.717) is 10.6 Å². The van der Waals surface area contributed by atoms with Crippen molar-refractivity contribution < 1.29 is 18.7 Å². The van der Waals surface area contributed by atoms with Crippen LogP contribution in [0.3, 0.4) is 0 Å². The number of alkyl halides is 2. The van der Waals surface area contributed by atoms with Crippen LogP contribution in [0.1, 0.15) is 28.0 Å². The Morgan fingerprint density at radius 3 is 2.65 bits per heavy atom. The van der Waals surface area contributed by atoms with Crippen LogP contribution < -0.4 is 0 Å². The molecule has 1 N–H and O–H groups in total. The zero-order valence-electron chi connectivity index (χ0n) is 9.86. The summed E-state index contributed by atoms with van der Waals surface area (Å²) in [5, 5.41) is 13.0. The molecule has 1 heterocycles. The molecule has 0 aliphatic carbocycles. The van der Waals surface area contributed by atoms with Crippen molar-refractivity contribution in [3.8, 4) is 0 Å². The highest BCUT2D eigenvalue weighted by Gasteiger charge is 2.23. The van der Waals surface area contributed by atoms with Crippen LogP contribution in [0.4, 0.5) is 8.78 Å². The molecule has 0 aliphatic rings. The molecule has 0 amide bonds. The molecule has 4 nitrogen and oxygen atoms in total. The SMILES string of the molecule is O=C(O)c1cn(Cc2cccc(Cl)c2Cl)nc1C(F)F. The Balaban J connectivity index is 2.37. The monoisotopic (exact) mass is 320 g/mol. The Bertz CT molecular complexity index is 659. The molecular formula is C12H8Cl2F2N2O2. The molecule has 1 aromatic heterocycles. The van der Waals surface area contributed by atoms with Crippen LogP contribution in [0.2, 0.25) is 10.0 Å². The van der Waals surface area contributed by atoms with Crippen LogP contribution in [0, 0.1) is 0 Å². The Morgan fingerprint density at radius 1 is 1.40 bits per heavy atom. The molecule has 1 aromatic carbocycles. The fourth-order valence-corrected chi connectivity index (χ4v) is 2.07. The van der Waals surface area contributed by atoms with E-state index in [2.05, 4.69) is 5.10 Å². The van der Waals surface area contributed by atoms with Gasteiger partial charge in [0.2, 0.25) is 0 Å². The number of hydrogen-bond donors (Lipinski definition) is 1. The van der Waals surface area contributed by atoms with Crippen molar-refractivity contribution in [2.45, 2.75) is 13.0 Å². The largest absolute Gasteiger partial charge is 0.478 e. The van der Waals surface area contributed by atoms with Gasteiger partial charge < -0.3 is 5.11 Å². The molecule has 20 heavy (non-hydrogen) atoms. The third-order valence-electron chi connectivity index (χ3n) is 2.59. The fourth-order valence-electron chi connectivity index (χ4n) is 1.69. The predicted molar refractivity (Wildman–Crippen MR) is 69.7 cm³/mol. The molecule has 0 saturated carbocycles. The number of hydrogen-bond acceptors (Lipinski definition) is 2. The quantitative estimate of drug-likeness (QED) is 0.930. The Labute approximate surface area is 122 Å². The third-order valence-corrected chi connectivity index (χ3v) is 3.45. The van der Waals surface area contributed by atoms with Gasteiger partial charge in [-0.3, -0.25) is 4.68 Å². The Hall–Kier alpha value is -1.66. The molecule has 8 heteroatoms. The van der Waals surface area contributed by atoms with Gasteiger partial charge in [0.15, 0.2) is 0 Å². The molecule has 0 unspecified atom stereocenters. The maximum absolute atomic E-state index is 12.7. The van der Waals surface area contributed by atoms with E-state index in [1.807, 2.05) is 0 Å². The van der Waals surface area contributed by atoms with Crippen molar-refractivity contribution in [1.29, 1.82) is 0 Å². The average molecular weight is 321 g/mol. The lowest BCUT2D eigenvalue weighted by molar-refractivity contribution is 0.0684. The lowest BCUT2D eigenvalue weighted by Crippen LogP contribution is -2.02. The van der Waals surface area contributed by atoms with Crippen molar-refractivity contribution in [3.63, 3.8) is 0 Å². The van der Waals surface area contributed by atoms with Gasteiger partial charge in [-0.25, -0.2) is 13.6 Å². The fraction of sp³-hybridized carbons (Fsp3) is 0.167. The number of halogens is 4. The van der Waals surface area contributed by atoms with Crippen molar-refractivity contribution in [3.05, 3.63) is 51.3 Å². The van der Waals surface area contributed by atoms with E-state index in [1.54, 1.807) is 18.2 Å². The maximum Gasteiger partial charge on any atom is 0.339 e. The van der Waals surface area contributed by atoms with Gasteiger partial charge in [0, 0.05) is 6.20 Å². The first kappa shape index (κ1) is 14.7. The summed E-state index contributed by atoms with van der Waals surface area (Å²) in [6, 6.07) is 4.89. The lowest BCUT2D eigenvalue weighted by atomic mass is 10.2.